The second-order valence-electron chi connectivity index (χ2n) is 8.21. The fourth-order valence-corrected chi connectivity index (χ4v) is 5.19. The lowest BCUT2D eigenvalue weighted by Gasteiger charge is -2.19. The standard InChI is InChI=1S/C24H22N2O4/c1-13-10-15-11-19(13)21-20(15)23(28)26(24(21)29)17-8-6-14(7-9-17)22(27)25-16-4-3-5-18(12-16)30-2/h3-10,12,15,19-21H,11H2,1-2H3,(H,25,27)/t15-,19-,20+,21+/m0/s1. The van der Waals surface area contributed by atoms with Gasteiger partial charge in [0.15, 0.2) is 0 Å². The first kappa shape index (κ1) is 18.6. The Morgan fingerprint density at radius 3 is 2.53 bits per heavy atom. The van der Waals surface area contributed by atoms with Gasteiger partial charge in [-0.05, 0) is 61.6 Å². The number of imide groups is 1. The molecule has 3 amide bonds. The third kappa shape index (κ3) is 2.75. The lowest BCUT2D eigenvalue weighted by Crippen LogP contribution is -2.33. The van der Waals surface area contributed by atoms with E-state index in [1.807, 2.05) is 0 Å². The first-order chi connectivity index (χ1) is 14.5. The zero-order valence-corrected chi connectivity index (χ0v) is 16.8. The van der Waals surface area contributed by atoms with E-state index in [4.69, 9.17) is 4.74 Å². The summed E-state index contributed by atoms with van der Waals surface area (Å²) < 4.78 is 5.17. The van der Waals surface area contributed by atoms with Gasteiger partial charge in [-0.25, -0.2) is 0 Å². The summed E-state index contributed by atoms with van der Waals surface area (Å²) in [6.45, 7) is 2.05. The van der Waals surface area contributed by atoms with Crippen molar-refractivity contribution in [3.8, 4) is 5.75 Å². The number of anilines is 2. The van der Waals surface area contributed by atoms with E-state index in [2.05, 4.69) is 18.3 Å². The Morgan fingerprint density at radius 2 is 1.80 bits per heavy atom. The maximum Gasteiger partial charge on any atom is 0.255 e. The first-order valence-electron chi connectivity index (χ1n) is 10.1. The topological polar surface area (TPSA) is 75.7 Å². The summed E-state index contributed by atoms with van der Waals surface area (Å²) in [5, 5.41) is 2.82. The van der Waals surface area contributed by atoms with Crippen molar-refractivity contribution in [1.29, 1.82) is 0 Å². The second-order valence-corrected chi connectivity index (χ2v) is 8.21. The van der Waals surface area contributed by atoms with Crippen molar-refractivity contribution in [3.05, 3.63) is 65.7 Å². The maximum atomic E-state index is 13.0. The van der Waals surface area contributed by atoms with Crippen LogP contribution >= 0.6 is 0 Å². The minimum atomic E-state index is -0.274. The number of hydrogen-bond acceptors (Lipinski definition) is 4. The zero-order valence-electron chi connectivity index (χ0n) is 16.8. The minimum absolute atomic E-state index is 0.112. The summed E-state index contributed by atoms with van der Waals surface area (Å²) in [7, 11) is 1.57. The van der Waals surface area contributed by atoms with Crippen molar-refractivity contribution in [3.63, 3.8) is 0 Å². The molecule has 1 aliphatic heterocycles. The second kappa shape index (κ2) is 6.83. The SMILES string of the molecule is COc1cccc(NC(=O)c2ccc(N3C(=O)[C@H]4[C@H](C3=O)[C@H]3C[C@@H]4C=C3C)cc2)c1. The molecule has 3 aliphatic rings. The molecule has 2 bridgehead atoms. The molecule has 152 valence electrons. The number of fused-ring (bicyclic) bond motifs is 5. The number of amides is 3. The van der Waals surface area contributed by atoms with Crippen molar-refractivity contribution in [2.45, 2.75) is 13.3 Å². The van der Waals surface area contributed by atoms with Gasteiger partial charge in [0.05, 0.1) is 24.6 Å². The highest BCUT2D eigenvalue weighted by Gasteiger charge is 2.60. The number of allylic oxidation sites excluding steroid dienone is 2. The van der Waals surface area contributed by atoms with Gasteiger partial charge in [0.25, 0.3) is 5.91 Å². The number of carbonyl (C=O) groups excluding carboxylic acids is 3. The number of ether oxygens (including phenoxy) is 1. The lowest BCUT2D eigenvalue weighted by molar-refractivity contribution is -0.123. The summed E-state index contributed by atoms with van der Waals surface area (Å²) in [4.78, 5) is 39.9. The highest BCUT2D eigenvalue weighted by Crippen LogP contribution is 2.55. The predicted molar refractivity (Wildman–Crippen MR) is 112 cm³/mol. The van der Waals surface area contributed by atoms with Crippen LogP contribution in [0.25, 0.3) is 0 Å². The molecule has 2 aliphatic carbocycles. The molecule has 30 heavy (non-hydrogen) atoms. The van der Waals surface area contributed by atoms with E-state index < -0.39 is 0 Å². The number of nitrogens with zero attached hydrogens (tertiary/aromatic N) is 1. The lowest BCUT2D eigenvalue weighted by atomic mass is 9.82. The Morgan fingerprint density at radius 1 is 1.07 bits per heavy atom. The van der Waals surface area contributed by atoms with E-state index in [9.17, 15) is 14.4 Å². The molecular weight excluding hydrogens is 380 g/mol. The molecule has 1 saturated carbocycles. The highest BCUT2D eigenvalue weighted by atomic mass is 16.5. The molecule has 0 aromatic heterocycles. The van der Waals surface area contributed by atoms with Crippen LogP contribution in [0.15, 0.2) is 60.2 Å². The molecule has 6 heteroatoms. The van der Waals surface area contributed by atoms with Crippen LogP contribution in [0.2, 0.25) is 0 Å². The summed E-state index contributed by atoms with van der Waals surface area (Å²) in [6.07, 6.45) is 3.07. The van der Waals surface area contributed by atoms with Crippen LogP contribution in [0.1, 0.15) is 23.7 Å². The van der Waals surface area contributed by atoms with Crippen molar-refractivity contribution in [1.82, 2.24) is 0 Å². The van der Waals surface area contributed by atoms with Crippen LogP contribution < -0.4 is 15.0 Å². The molecular formula is C24H22N2O4. The first-order valence-corrected chi connectivity index (χ1v) is 10.1. The largest absolute Gasteiger partial charge is 0.497 e. The van der Waals surface area contributed by atoms with Crippen LogP contribution in [0, 0.1) is 23.7 Å². The number of hydrogen-bond donors (Lipinski definition) is 1. The molecule has 1 saturated heterocycles. The molecule has 2 fully saturated rings. The van der Waals surface area contributed by atoms with Gasteiger partial charge in [0.1, 0.15) is 5.75 Å². The maximum absolute atomic E-state index is 13.0. The van der Waals surface area contributed by atoms with Crippen LogP contribution in [-0.4, -0.2) is 24.8 Å². The van der Waals surface area contributed by atoms with E-state index >= 15 is 0 Å². The summed E-state index contributed by atoms with van der Waals surface area (Å²) in [6, 6.07) is 13.7. The van der Waals surface area contributed by atoms with E-state index in [1.54, 1.807) is 55.6 Å². The van der Waals surface area contributed by atoms with Crippen LogP contribution in [0.5, 0.6) is 5.75 Å². The molecule has 0 unspecified atom stereocenters. The number of carbonyl (C=O) groups is 3. The molecule has 2 aromatic carbocycles. The van der Waals surface area contributed by atoms with E-state index in [1.165, 1.54) is 10.5 Å². The fourth-order valence-electron chi connectivity index (χ4n) is 5.19. The molecule has 4 atom stereocenters. The molecule has 5 rings (SSSR count). The van der Waals surface area contributed by atoms with Gasteiger partial charge in [0, 0.05) is 17.3 Å². The number of benzene rings is 2. The fraction of sp³-hybridized carbons (Fsp3) is 0.292. The quantitative estimate of drug-likeness (QED) is 0.626. The van der Waals surface area contributed by atoms with Crippen molar-refractivity contribution >= 4 is 29.1 Å². The molecule has 0 radical (unpaired) electrons. The van der Waals surface area contributed by atoms with Crippen molar-refractivity contribution in [2.24, 2.45) is 23.7 Å². The molecule has 0 spiro atoms. The monoisotopic (exact) mass is 402 g/mol. The van der Waals surface area contributed by atoms with Gasteiger partial charge < -0.3 is 10.1 Å². The van der Waals surface area contributed by atoms with Crippen LogP contribution in [0.3, 0.4) is 0 Å². The summed E-state index contributed by atoms with van der Waals surface area (Å²) >= 11 is 0. The Balaban J connectivity index is 1.34. The van der Waals surface area contributed by atoms with Crippen LogP contribution in [0.4, 0.5) is 11.4 Å². The third-order valence-electron chi connectivity index (χ3n) is 6.60. The van der Waals surface area contributed by atoms with Gasteiger partial charge in [-0.1, -0.05) is 17.7 Å². The summed E-state index contributed by atoms with van der Waals surface area (Å²) in [5.74, 6) is 0.0462. The number of nitrogens with one attached hydrogen (secondary N) is 1. The molecule has 1 N–H and O–H groups in total. The Bertz CT molecular complexity index is 1090. The van der Waals surface area contributed by atoms with Crippen molar-refractivity contribution < 1.29 is 19.1 Å². The van der Waals surface area contributed by atoms with Gasteiger partial charge in [0.2, 0.25) is 11.8 Å². The third-order valence-corrected chi connectivity index (χ3v) is 6.60. The molecule has 1 heterocycles. The average molecular weight is 402 g/mol. The molecule has 2 aromatic rings. The Kier molecular flexibility index (Phi) is 4.24. The Hall–Kier alpha value is -3.41. The van der Waals surface area contributed by atoms with Gasteiger partial charge in [-0.2, -0.15) is 0 Å². The highest BCUT2D eigenvalue weighted by molar-refractivity contribution is 6.23. The van der Waals surface area contributed by atoms with Crippen LogP contribution in [-0.2, 0) is 9.59 Å². The normalized spacial score (nSPS) is 26.6. The number of methoxy groups -OCH3 is 1. The van der Waals surface area contributed by atoms with Gasteiger partial charge >= 0.3 is 0 Å². The molecule has 6 nitrogen and oxygen atoms in total. The van der Waals surface area contributed by atoms with Crippen molar-refractivity contribution in [2.75, 3.05) is 17.3 Å². The zero-order chi connectivity index (χ0) is 21.0. The van der Waals surface area contributed by atoms with Gasteiger partial charge in [-0.15, -0.1) is 0 Å². The van der Waals surface area contributed by atoms with E-state index in [-0.39, 0.29) is 41.4 Å². The predicted octanol–water partition coefficient (Wildman–Crippen LogP) is 3.65. The Labute approximate surface area is 174 Å². The van der Waals surface area contributed by atoms with E-state index in [0.717, 1.165) is 6.42 Å². The average Bonchev–Trinajstić information content (AvgIpc) is 3.38. The van der Waals surface area contributed by atoms with Gasteiger partial charge in [-0.3, -0.25) is 19.3 Å². The minimum Gasteiger partial charge on any atom is -0.497 e. The smallest absolute Gasteiger partial charge is 0.255 e. The number of rotatable bonds is 4. The van der Waals surface area contributed by atoms with E-state index in [0.29, 0.717) is 22.7 Å². The summed E-state index contributed by atoms with van der Waals surface area (Å²) in [5.41, 5.74) is 2.82.